The maximum atomic E-state index is 10.5. The van der Waals surface area contributed by atoms with Gasteiger partial charge in [-0.25, -0.2) is 4.79 Å². The smallest absolute Gasteiger partial charge is 0.333 e. The van der Waals surface area contributed by atoms with E-state index in [0.29, 0.717) is 0 Å². The number of aliphatic hydroxyl groups excluding tert-OH is 1. The molecule has 0 bridgehead atoms. The first-order valence-corrected chi connectivity index (χ1v) is 4.08. The van der Waals surface area contributed by atoms with Crippen molar-refractivity contribution in [1.29, 1.82) is 0 Å². The fraction of sp³-hybridized carbons (Fsp3) is 0.300. The summed E-state index contributed by atoms with van der Waals surface area (Å²) in [6.45, 7) is 1.69. The average molecular weight is 180 g/mol. The molecule has 0 heterocycles. The monoisotopic (exact) mass is 180 g/mol. The van der Waals surface area contributed by atoms with E-state index < -0.39 is 12.1 Å². The molecule has 0 amide bonds. The van der Waals surface area contributed by atoms with Crippen LogP contribution in [0.2, 0.25) is 0 Å². The Labute approximate surface area is 76.6 Å². The lowest BCUT2D eigenvalue weighted by molar-refractivity contribution is -0.147. The molecule has 13 heavy (non-hydrogen) atoms. The molecule has 1 aromatic carbocycles. The van der Waals surface area contributed by atoms with Gasteiger partial charge in [0.1, 0.15) is 0 Å². The van der Waals surface area contributed by atoms with Crippen LogP contribution in [0.25, 0.3) is 0 Å². The molecule has 1 rings (SSSR count). The summed E-state index contributed by atoms with van der Waals surface area (Å²) >= 11 is 0. The van der Waals surface area contributed by atoms with Crippen LogP contribution in [0.5, 0.6) is 0 Å². The van der Waals surface area contributed by atoms with Crippen LogP contribution >= 0.6 is 0 Å². The van der Waals surface area contributed by atoms with Gasteiger partial charge < -0.3 is 10.2 Å². The van der Waals surface area contributed by atoms with E-state index in [1.54, 1.807) is 19.1 Å². The summed E-state index contributed by atoms with van der Waals surface area (Å²) in [6, 6.07) is 9.10. The Bertz CT molecular complexity index is 281. The van der Waals surface area contributed by atoms with E-state index in [2.05, 4.69) is 0 Å². The molecule has 70 valence electrons. The van der Waals surface area contributed by atoms with Gasteiger partial charge in [0.05, 0.1) is 0 Å². The highest BCUT2D eigenvalue weighted by atomic mass is 16.4. The maximum Gasteiger partial charge on any atom is 0.333 e. The highest BCUT2D eigenvalue weighted by molar-refractivity contribution is 5.73. The van der Waals surface area contributed by atoms with Gasteiger partial charge in [-0.2, -0.15) is 0 Å². The van der Waals surface area contributed by atoms with Gasteiger partial charge >= 0.3 is 5.97 Å². The van der Waals surface area contributed by atoms with E-state index >= 15 is 0 Å². The summed E-state index contributed by atoms with van der Waals surface area (Å²) in [5, 5.41) is 17.8. The van der Waals surface area contributed by atoms with Crippen LogP contribution in [-0.4, -0.2) is 22.3 Å². The Hall–Kier alpha value is -1.35. The molecule has 0 fully saturated rings. The minimum atomic E-state index is -1.33. The van der Waals surface area contributed by atoms with E-state index in [1.165, 1.54) is 0 Å². The molecule has 0 saturated heterocycles. The van der Waals surface area contributed by atoms with Crippen molar-refractivity contribution in [2.24, 2.45) is 0 Å². The van der Waals surface area contributed by atoms with Crippen LogP contribution < -0.4 is 0 Å². The van der Waals surface area contributed by atoms with Crippen LogP contribution in [0.4, 0.5) is 0 Å². The Morgan fingerprint density at radius 1 is 1.31 bits per heavy atom. The number of benzene rings is 1. The Balaban J connectivity index is 2.79. The van der Waals surface area contributed by atoms with Crippen LogP contribution in [0.1, 0.15) is 18.4 Å². The second-order valence-electron chi connectivity index (χ2n) is 2.98. The molecule has 0 aliphatic carbocycles. The first-order valence-electron chi connectivity index (χ1n) is 4.08. The molecule has 0 spiro atoms. The van der Waals surface area contributed by atoms with Gasteiger partial charge in [-0.15, -0.1) is 0 Å². The first-order chi connectivity index (χ1) is 6.13. The predicted octanol–water partition coefficient (Wildman–Crippen LogP) is 1.24. The van der Waals surface area contributed by atoms with Crippen molar-refractivity contribution >= 4 is 5.97 Å². The summed E-state index contributed by atoms with van der Waals surface area (Å²) in [6.07, 6.45) is -1.33. The molecule has 2 unspecified atom stereocenters. The van der Waals surface area contributed by atoms with E-state index in [-0.39, 0.29) is 5.92 Å². The second kappa shape index (κ2) is 4.05. The molecule has 1 aromatic rings. The standard InChI is InChI=1S/C10H12O3/c1-7(9(11)10(12)13)8-5-3-2-4-6-8/h2-7,9,11H,1H3,(H,12,13). The minimum Gasteiger partial charge on any atom is -0.479 e. The van der Waals surface area contributed by atoms with Crippen molar-refractivity contribution in [3.8, 4) is 0 Å². The zero-order valence-corrected chi connectivity index (χ0v) is 7.34. The number of carboxylic acids is 1. The fourth-order valence-corrected chi connectivity index (χ4v) is 1.15. The highest BCUT2D eigenvalue weighted by Gasteiger charge is 2.22. The fourth-order valence-electron chi connectivity index (χ4n) is 1.15. The van der Waals surface area contributed by atoms with Crippen molar-refractivity contribution in [2.75, 3.05) is 0 Å². The molecule has 2 N–H and O–H groups in total. The zero-order chi connectivity index (χ0) is 9.84. The average Bonchev–Trinajstić information content (AvgIpc) is 2.17. The molecule has 3 heteroatoms. The van der Waals surface area contributed by atoms with Crippen molar-refractivity contribution in [3.63, 3.8) is 0 Å². The third-order valence-electron chi connectivity index (χ3n) is 2.05. The molecule has 3 nitrogen and oxygen atoms in total. The van der Waals surface area contributed by atoms with Crippen molar-refractivity contribution in [1.82, 2.24) is 0 Å². The number of carbonyl (C=O) groups is 1. The predicted molar refractivity (Wildman–Crippen MR) is 48.5 cm³/mol. The van der Waals surface area contributed by atoms with Crippen LogP contribution in [0.3, 0.4) is 0 Å². The second-order valence-corrected chi connectivity index (χ2v) is 2.98. The van der Waals surface area contributed by atoms with Crippen molar-refractivity contribution in [2.45, 2.75) is 18.9 Å². The first kappa shape index (κ1) is 9.74. The molecule has 0 aliphatic rings. The SMILES string of the molecule is CC(c1ccccc1)C(O)C(=O)O. The molecular formula is C10H12O3. The third kappa shape index (κ3) is 2.29. The lowest BCUT2D eigenvalue weighted by Crippen LogP contribution is -2.25. The summed E-state index contributed by atoms with van der Waals surface area (Å²) < 4.78 is 0. The minimum absolute atomic E-state index is 0.376. The van der Waals surface area contributed by atoms with Crippen molar-refractivity contribution < 1.29 is 15.0 Å². The lowest BCUT2D eigenvalue weighted by Gasteiger charge is -2.14. The van der Waals surface area contributed by atoms with Gasteiger partial charge in [-0.05, 0) is 5.56 Å². The number of hydrogen-bond donors (Lipinski definition) is 2. The molecule has 0 radical (unpaired) electrons. The van der Waals surface area contributed by atoms with Gasteiger partial charge in [0, 0.05) is 5.92 Å². The number of aliphatic carboxylic acids is 1. The van der Waals surface area contributed by atoms with Crippen molar-refractivity contribution in [3.05, 3.63) is 35.9 Å². The molecular weight excluding hydrogens is 168 g/mol. The highest BCUT2D eigenvalue weighted by Crippen LogP contribution is 2.18. The van der Waals surface area contributed by atoms with Gasteiger partial charge in [-0.1, -0.05) is 37.3 Å². The van der Waals surface area contributed by atoms with Crippen LogP contribution in [0, 0.1) is 0 Å². The Morgan fingerprint density at radius 3 is 2.31 bits per heavy atom. The third-order valence-corrected chi connectivity index (χ3v) is 2.05. The topological polar surface area (TPSA) is 57.5 Å². The van der Waals surface area contributed by atoms with Gasteiger partial charge in [0.2, 0.25) is 0 Å². The summed E-state index contributed by atoms with van der Waals surface area (Å²) in [4.78, 5) is 10.5. The van der Waals surface area contributed by atoms with Gasteiger partial charge in [0.25, 0.3) is 0 Å². The van der Waals surface area contributed by atoms with Crippen LogP contribution in [0.15, 0.2) is 30.3 Å². The Morgan fingerprint density at radius 2 is 1.85 bits per heavy atom. The quantitative estimate of drug-likeness (QED) is 0.735. The summed E-state index contributed by atoms with van der Waals surface area (Å²) in [5.41, 5.74) is 0.831. The molecule has 0 aliphatic heterocycles. The van der Waals surface area contributed by atoms with E-state index in [0.717, 1.165) is 5.56 Å². The Kier molecular flexibility index (Phi) is 3.03. The van der Waals surface area contributed by atoms with Gasteiger partial charge in [-0.3, -0.25) is 0 Å². The number of rotatable bonds is 3. The van der Waals surface area contributed by atoms with Gasteiger partial charge in [0.15, 0.2) is 6.10 Å². The maximum absolute atomic E-state index is 10.5. The summed E-state index contributed by atoms with van der Waals surface area (Å²) in [5.74, 6) is -1.56. The zero-order valence-electron chi connectivity index (χ0n) is 7.34. The molecule has 2 atom stereocenters. The largest absolute Gasteiger partial charge is 0.479 e. The van der Waals surface area contributed by atoms with E-state index in [1.807, 2.05) is 18.2 Å². The summed E-state index contributed by atoms with van der Waals surface area (Å²) in [7, 11) is 0. The molecule has 0 saturated carbocycles. The van der Waals surface area contributed by atoms with E-state index in [9.17, 15) is 9.90 Å². The van der Waals surface area contributed by atoms with Crippen LogP contribution in [-0.2, 0) is 4.79 Å². The van der Waals surface area contributed by atoms with E-state index in [4.69, 9.17) is 5.11 Å². The molecule has 0 aromatic heterocycles. The lowest BCUT2D eigenvalue weighted by atomic mass is 9.96. The number of aliphatic hydroxyl groups is 1. The number of hydrogen-bond acceptors (Lipinski definition) is 2. The number of carboxylic acid groups (broad SMARTS) is 1. The normalized spacial score (nSPS) is 14.9.